The molecule has 0 amide bonds. The third-order valence-corrected chi connectivity index (χ3v) is 5.06. The number of nitrogens with one attached hydrogen (secondary N) is 1. The van der Waals surface area contributed by atoms with E-state index >= 15 is 0 Å². The fraction of sp³-hybridized carbons (Fsp3) is 0.208. The summed E-state index contributed by atoms with van der Waals surface area (Å²) in [6.45, 7) is 1.55. The van der Waals surface area contributed by atoms with Gasteiger partial charge < -0.3 is 25.0 Å². The van der Waals surface area contributed by atoms with Gasteiger partial charge in [-0.2, -0.15) is 0 Å². The van der Waals surface area contributed by atoms with Gasteiger partial charge in [-0.25, -0.2) is 4.39 Å². The number of fused-ring (bicyclic) bond motifs is 2. The molecule has 1 aliphatic heterocycles. The predicted octanol–water partition coefficient (Wildman–Crippen LogP) is 3.73. The fourth-order valence-corrected chi connectivity index (χ4v) is 3.36. The second-order valence-corrected chi connectivity index (χ2v) is 7.38. The van der Waals surface area contributed by atoms with Crippen LogP contribution >= 0.6 is 0 Å². The molecule has 0 bridgehead atoms. The van der Waals surface area contributed by atoms with Crippen LogP contribution in [0, 0.1) is 12.7 Å². The summed E-state index contributed by atoms with van der Waals surface area (Å²) in [6, 6.07) is 14.8. The highest BCUT2D eigenvalue weighted by molar-refractivity contribution is 6.12. The lowest BCUT2D eigenvalue weighted by atomic mass is 9.98. The molecule has 0 spiro atoms. The van der Waals surface area contributed by atoms with Crippen molar-refractivity contribution >= 4 is 17.2 Å². The molecule has 7 heteroatoms. The number of hydrogen-bond acceptors (Lipinski definition) is 6. The number of hydrogen-bond donors (Lipinski definition) is 3. The number of aliphatic hydroxyl groups is 2. The Morgan fingerprint density at radius 3 is 2.74 bits per heavy atom. The molecule has 1 atom stereocenters. The zero-order valence-electron chi connectivity index (χ0n) is 16.9. The van der Waals surface area contributed by atoms with Gasteiger partial charge in [-0.3, -0.25) is 4.79 Å². The van der Waals surface area contributed by atoms with Crippen molar-refractivity contribution in [2.75, 3.05) is 18.5 Å². The number of carbonyl (C=O) groups is 1. The Morgan fingerprint density at radius 2 is 1.97 bits per heavy atom. The molecule has 0 fully saturated rings. The summed E-state index contributed by atoms with van der Waals surface area (Å²) in [5.41, 5.74) is 3.85. The maximum Gasteiger partial charge on any atom is 0.197 e. The molecule has 6 nitrogen and oxygen atoms in total. The highest BCUT2D eigenvalue weighted by atomic mass is 19.1. The molecule has 4 rings (SSSR count). The lowest BCUT2D eigenvalue weighted by Gasteiger charge is -2.12. The fourth-order valence-electron chi connectivity index (χ4n) is 3.36. The molecule has 1 heterocycles. The van der Waals surface area contributed by atoms with Crippen molar-refractivity contribution in [1.82, 2.24) is 0 Å². The molecule has 0 saturated carbocycles. The standard InChI is InChI=1S/C24H22FNO5/c1-14-8-16(25)3-7-22(14)26-17-4-6-20-23(9-17)31-12-15-2-5-19(10-21(15)24(20)29)30-13-18(28)11-27/h2-10,18,26-28H,11-13H2,1H3/t18-/m1/s1. The summed E-state index contributed by atoms with van der Waals surface area (Å²) in [5.74, 6) is 0.378. The van der Waals surface area contributed by atoms with E-state index in [1.165, 1.54) is 12.1 Å². The van der Waals surface area contributed by atoms with Crippen LogP contribution in [0.25, 0.3) is 0 Å². The van der Waals surface area contributed by atoms with Gasteiger partial charge in [-0.05, 0) is 55.0 Å². The van der Waals surface area contributed by atoms with Crippen LogP contribution in [0.15, 0.2) is 54.6 Å². The predicted molar refractivity (Wildman–Crippen MR) is 114 cm³/mol. The summed E-state index contributed by atoms with van der Waals surface area (Å²) < 4.78 is 24.7. The van der Waals surface area contributed by atoms with Crippen LogP contribution in [0.1, 0.15) is 27.0 Å². The van der Waals surface area contributed by atoms with Crippen LogP contribution < -0.4 is 14.8 Å². The first kappa shape index (κ1) is 20.8. The van der Waals surface area contributed by atoms with E-state index in [2.05, 4.69) is 5.32 Å². The number of aryl methyl sites for hydroxylation is 1. The molecule has 0 aromatic heterocycles. The van der Waals surface area contributed by atoms with Gasteiger partial charge in [-0.15, -0.1) is 0 Å². The summed E-state index contributed by atoms with van der Waals surface area (Å²) in [7, 11) is 0. The molecule has 160 valence electrons. The van der Waals surface area contributed by atoms with Crippen molar-refractivity contribution in [3.8, 4) is 11.5 Å². The van der Waals surface area contributed by atoms with Gasteiger partial charge in [0.25, 0.3) is 0 Å². The number of halogens is 1. The lowest BCUT2D eigenvalue weighted by molar-refractivity contribution is 0.0536. The van der Waals surface area contributed by atoms with Crippen molar-refractivity contribution in [1.29, 1.82) is 0 Å². The van der Waals surface area contributed by atoms with Crippen LogP contribution in [0.2, 0.25) is 0 Å². The Bertz CT molecular complexity index is 1130. The molecule has 3 aromatic rings. The third-order valence-electron chi connectivity index (χ3n) is 5.06. The molecule has 0 saturated heterocycles. The van der Waals surface area contributed by atoms with E-state index in [0.717, 1.165) is 16.8 Å². The van der Waals surface area contributed by atoms with Gasteiger partial charge in [0.15, 0.2) is 5.78 Å². The van der Waals surface area contributed by atoms with Gasteiger partial charge in [0.05, 0.1) is 12.2 Å². The van der Waals surface area contributed by atoms with Crippen LogP contribution in [-0.4, -0.2) is 35.3 Å². The highest BCUT2D eigenvalue weighted by Crippen LogP contribution is 2.33. The lowest BCUT2D eigenvalue weighted by Crippen LogP contribution is -2.21. The van der Waals surface area contributed by atoms with E-state index in [9.17, 15) is 14.3 Å². The second-order valence-electron chi connectivity index (χ2n) is 7.38. The minimum absolute atomic E-state index is 0.0750. The Kier molecular flexibility index (Phi) is 5.88. The number of aliphatic hydroxyl groups excluding tert-OH is 2. The molecular formula is C24H22FNO5. The molecular weight excluding hydrogens is 401 g/mol. The Balaban J connectivity index is 1.58. The largest absolute Gasteiger partial charge is 0.491 e. The number of ether oxygens (including phenoxy) is 2. The van der Waals surface area contributed by atoms with Crippen LogP contribution in [0.4, 0.5) is 15.8 Å². The highest BCUT2D eigenvalue weighted by Gasteiger charge is 2.23. The molecule has 3 N–H and O–H groups in total. The molecule has 0 radical (unpaired) electrons. The summed E-state index contributed by atoms with van der Waals surface area (Å²) in [5, 5.41) is 21.6. The second kappa shape index (κ2) is 8.75. The number of rotatable bonds is 6. The average molecular weight is 423 g/mol. The normalized spacial score (nSPS) is 13.5. The summed E-state index contributed by atoms with van der Waals surface area (Å²) in [4.78, 5) is 13.1. The van der Waals surface area contributed by atoms with E-state index in [-0.39, 0.29) is 24.8 Å². The molecule has 31 heavy (non-hydrogen) atoms. The molecule has 1 aliphatic rings. The Labute approximate surface area is 178 Å². The average Bonchev–Trinajstić information content (AvgIpc) is 2.90. The minimum atomic E-state index is -0.991. The minimum Gasteiger partial charge on any atom is -0.491 e. The van der Waals surface area contributed by atoms with Gasteiger partial charge >= 0.3 is 0 Å². The monoisotopic (exact) mass is 423 g/mol. The number of benzene rings is 3. The van der Waals surface area contributed by atoms with E-state index in [4.69, 9.17) is 14.6 Å². The zero-order chi connectivity index (χ0) is 22.0. The van der Waals surface area contributed by atoms with Gasteiger partial charge in [0, 0.05) is 28.6 Å². The van der Waals surface area contributed by atoms with Gasteiger partial charge in [0.2, 0.25) is 0 Å². The number of ketones is 1. The van der Waals surface area contributed by atoms with E-state index in [1.807, 2.05) is 6.92 Å². The SMILES string of the molecule is Cc1cc(F)ccc1Nc1ccc2c(c1)OCc1ccc(OC[C@H](O)CO)cc1C2=O. The number of anilines is 2. The first-order chi connectivity index (χ1) is 14.9. The first-order valence-corrected chi connectivity index (χ1v) is 9.84. The smallest absolute Gasteiger partial charge is 0.197 e. The van der Waals surface area contributed by atoms with E-state index in [0.29, 0.717) is 28.3 Å². The van der Waals surface area contributed by atoms with Gasteiger partial charge in [0.1, 0.15) is 36.6 Å². The maximum atomic E-state index is 13.3. The zero-order valence-corrected chi connectivity index (χ0v) is 16.9. The molecule has 0 aliphatic carbocycles. The number of carbonyl (C=O) groups excluding carboxylic acids is 1. The summed E-state index contributed by atoms with van der Waals surface area (Å²) in [6.07, 6.45) is -0.991. The van der Waals surface area contributed by atoms with Gasteiger partial charge in [-0.1, -0.05) is 6.07 Å². The van der Waals surface area contributed by atoms with E-state index in [1.54, 1.807) is 42.5 Å². The van der Waals surface area contributed by atoms with Crippen LogP contribution in [-0.2, 0) is 6.61 Å². The molecule has 0 unspecified atom stereocenters. The Hall–Kier alpha value is -3.42. The van der Waals surface area contributed by atoms with Crippen molar-refractivity contribution in [2.45, 2.75) is 19.6 Å². The van der Waals surface area contributed by atoms with Crippen LogP contribution in [0.3, 0.4) is 0 Å². The molecule has 3 aromatic carbocycles. The quantitative estimate of drug-likeness (QED) is 0.560. The topological polar surface area (TPSA) is 88.0 Å². The summed E-state index contributed by atoms with van der Waals surface area (Å²) >= 11 is 0. The van der Waals surface area contributed by atoms with E-state index < -0.39 is 12.7 Å². The van der Waals surface area contributed by atoms with Crippen molar-refractivity contribution in [2.24, 2.45) is 0 Å². The van der Waals surface area contributed by atoms with Crippen molar-refractivity contribution in [3.63, 3.8) is 0 Å². The van der Waals surface area contributed by atoms with Crippen molar-refractivity contribution in [3.05, 3.63) is 82.7 Å². The Morgan fingerprint density at radius 1 is 1.13 bits per heavy atom. The third kappa shape index (κ3) is 4.52. The first-order valence-electron chi connectivity index (χ1n) is 9.84. The van der Waals surface area contributed by atoms with Crippen molar-refractivity contribution < 1.29 is 28.9 Å². The van der Waals surface area contributed by atoms with Crippen LogP contribution in [0.5, 0.6) is 11.5 Å². The maximum absolute atomic E-state index is 13.3.